The summed E-state index contributed by atoms with van der Waals surface area (Å²) in [5.74, 6) is 0. The maximum atomic E-state index is 12.2. The fraction of sp³-hybridized carbons (Fsp3) is 0.100. The predicted octanol–water partition coefficient (Wildman–Crippen LogP) is 2.77. The van der Waals surface area contributed by atoms with Gasteiger partial charge in [-0.1, -0.05) is 18.7 Å². The molecule has 0 aliphatic carbocycles. The first-order valence-corrected chi connectivity index (χ1v) is 8.21. The lowest BCUT2D eigenvalue weighted by atomic mass is 10.0. The summed E-state index contributed by atoms with van der Waals surface area (Å²) in [7, 11) is 1.84. The van der Waals surface area contributed by atoms with Gasteiger partial charge in [0.05, 0.1) is 17.9 Å². The second kappa shape index (κ2) is 6.40. The van der Waals surface area contributed by atoms with Crippen molar-refractivity contribution >= 4 is 16.5 Å². The van der Waals surface area contributed by atoms with Crippen LogP contribution in [0.5, 0.6) is 0 Å². The first-order valence-electron chi connectivity index (χ1n) is 8.21. The number of hydrogen-bond acceptors (Lipinski definition) is 4. The molecular weight excluding hydrogens is 326 g/mol. The molecule has 0 radical (unpaired) electrons. The highest BCUT2D eigenvalue weighted by molar-refractivity contribution is 5.83. The summed E-state index contributed by atoms with van der Waals surface area (Å²) in [5.41, 5.74) is 3.89. The molecule has 0 saturated heterocycles. The lowest BCUT2D eigenvalue weighted by Crippen LogP contribution is -2.16. The van der Waals surface area contributed by atoms with E-state index in [2.05, 4.69) is 21.8 Å². The second-order valence-electron chi connectivity index (χ2n) is 6.13. The molecule has 3 aromatic heterocycles. The molecule has 4 aromatic rings. The van der Waals surface area contributed by atoms with Crippen LogP contribution in [-0.4, -0.2) is 24.5 Å². The predicted molar refractivity (Wildman–Crippen MR) is 101 cm³/mol. The van der Waals surface area contributed by atoms with Crippen molar-refractivity contribution in [3.63, 3.8) is 0 Å². The van der Waals surface area contributed by atoms with Crippen molar-refractivity contribution in [3.8, 4) is 5.69 Å². The molecule has 0 N–H and O–H groups in total. The normalized spacial score (nSPS) is 11.0. The van der Waals surface area contributed by atoms with Crippen LogP contribution < -0.4 is 5.43 Å². The van der Waals surface area contributed by atoms with Crippen molar-refractivity contribution in [1.29, 1.82) is 0 Å². The Hall–Kier alpha value is -3.54. The number of rotatable bonds is 4. The topological polar surface area (TPSA) is 65.6 Å². The Labute approximate surface area is 150 Å². The van der Waals surface area contributed by atoms with Gasteiger partial charge in [-0.25, -0.2) is 4.68 Å². The van der Waals surface area contributed by atoms with Crippen molar-refractivity contribution in [2.75, 3.05) is 0 Å². The third kappa shape index (κ3) is 3.04. The van der Waals surface area contributed by atoms with Gasteiger partial charge in [-0.05, 0) is 29.3 Å². The number of fused-ring (bicyclic) bond motifs is 1. The van der Waals surface area contributed by atoms with Crippen LogP contribution in [0.25, 0.3) is 22.2 Å². The van der Waals surface area contributed by atoms with Crippen molar-refractivity contribution in [2.24, 2.45) is 7.05 Å². The minimum atomic E-state index is -0.103. The summed E-state index contributed by atoms with van der Waals surface area (Å²) < 4.78 is 3.35. The smallest absolute Gasteiger partial charge is 0.203 e. The van der Waals surface area contributed by atoms with Crippen molar-refractivity contribution in [2.45, 2.75) is 6.42 Å². The summed E-state index contributed by atoms with van der Waals surface area (Å²) in [5, 5.41) is 9.64. The highest BCUT2D eigenvalue weighted by Gasteiger charge is 2.09. The van der Waals surface area contributed by atoms with Crippen molar-refractivity contribution in [1.82, 2.24) is 24.5 Å². The van der Waals surface area contributed by atoms with Gasteiger partial charge in [0.15, 0.2) is 0 Å². The largest absolute Gasteiger partial charge is 0.288 e. The quantitative estimate of drug-likeness (QED) is 0.571. The Morgan fingerprint density at radius 1 is 1.23 bits per heavy atom. The van der Waals surface area contributed by atoms with Crippen LogP contribution in [0, 0.1) is 0 Å². The van der Waals surface area contributed by atoms with Gasteiger partial charge in [-0.15, -0.1) is 0 Å². The molecule has 0 aliphatic rings. The summed E-state index contributed by atoms with van der Waals surface area (Å²) >= 11 is 0. The number of pyridine rings is 1. The van der Waals surface area contributed by atoms with Gasteiger partial charge >= 0.3 is 0 Å². The molecule has 0 bridgehead atoms. The Balaban J connectivity index is 1.65. The first kappa shape index (κ1) is 16.0. The molecule has 4 rings (SSSR count). The molecule has 0 saturated carbocycles. The summed E-state index contributed by atoms with van der Waals surface area (Å²) in [4.78, 5) is 16.6. The molecule has 0 unspecified atom stereocenters. The maximum Gasteiger partial charge on any atom is 0.203 e. The molecule has 0 atom stereocenters. The molecule has 128 valence electrons. The third-order valence-electron chi connectivity index (χ3n) is 4.23. The van der Waals surface area contributed by atoms with Gasteiger partial charge < -0.3 is 0 Å². The lowest BCUT2D eigenvalue weighted by molar-refractivity contribution is 0.762. The zero-order chi connectivity index (χ0) is 18.1. The molecule has 6 heteroatoms. The van der Waals surface area contributed by atoms with Crippen LogP contribution in [-0.2, 0) is 13.5 Å². The average Bonchev–Trinajstić information content (AvgIpc) is 3.09. The van der Waals surface area contributed by atoms with Crippen LogP contribution >= 0.6 is 0 Å². The van der Waals surface area contributed by atoms with E-state index in [1.54, 1.807) is 28.0 Å². The lowest BCUT2D eigenvalue weighted by Gasteiger charge is -2.08. The minimum Gasteiger partial charge on any atom is -0.288 e. The Bertz CT molecular complexity index is 1170. The van der Waals surface area contributed by atoms with Crippen LogP contribution in [0.3, 0.4) is 0 Å². The van der Waals surface area contributed by atoms with E-state index in [9.17, 15) is 4.79 Å². The van der Waals surface area contributed by atoms with Gasteiger partial charge in [0.2, 0.25) is 5.43 Å². The van der Waals surface area contributed by atoms with Crippen molar-refractivity contribution < 1.29 is 0 Å². The summed E-state index contributed by atoms with van der Waals surface area (Å²) in [6.07, 6.45) is 7.34. The minimum absolute atomic E-state index is 0.103. The zero-order valence-corrected chi connectivity index (χ0v) is 14.3. The monoisotopic (exact) mass is 343 g/mol. The molecule has 0 spiro atoms. The SMILES string of the molecule is C=C(Cc1nn(-c2cnn(C)c2)ccc1=O)c1ccc2ncccc2c1. The fourth-order valence-electron chi connectivity index (χ4n) is 2.84. The van der Waals surface area contributed by atoms with E-state index in [4.69, 9.17) is 0 Å². The number of aryl methyl sites for hydroxylation is 1. The van der Waals surface area contributed by atoms with Crippen LogP contribution in [0.4, 0.5) is 0 Å². The molecule has 6 nitrogen and oxygen atoms in total. The zero-order valence-electron chi connectivity index (χ0n) is 14.3. The van der Waals surface area contributed by atoms with Gasteiger partial charge in [-0.2, -0.15) is 10.2 Å². The van der Waals surface area contributed by atoms with E-state index in [-0.39, 0.29) is 5.43 Å². The second-order valence-corrected chi connectivity index (χ2v) is 6.13. The highest BCUT2D eigenvalue weighted by atomic mass is 16.1. The molecule has 0 fully saturated rings. The molecule has 26 heavy (non-hydrogen) atoms. The van der Waals surface area contributed by atoms with Crippen LogP contribution in [0.1, 0.15) is 11.3 Å². The van der Waals surface area contributed by atoms with E-state index < -0.39 is 0 Å². The van der Waals surface area contributed by atoms with Gasteiger partial charge in [-0.3, -0.25) is 14.5 Å². The average molecular weight is 343 g/mol. The first-order chi connectivity index (χ1) is 12.6. The molecule has 3 heterocycles. The summed E-state index contributed by atoms with van der Waals surface area (Å²) in [6, 6.07) is 11.4. The molecular formula is C20H17N5O. The molecule has 1 aromatic carbocycles. The van der Waals surface area contributed by atoms with E-state index in [0.717, 1.165) is 27.7 Å². The van der Waals surface area contributed by atoms with E-state index in [0.29, 0.717) is 12.1 Å². The van der Waals surface area contributed by atoms with Gasteiger partial charge in [0.25, 0.3) is 0 Å². The number of nitrogens with zero attached hydrogens (tertiary/aromatic N) is 5. The van der Waals surface area contributed by atoms with Gasteiger partial charge in [0.1, 0.15) is 11.4 Å². The van der Waals surface area contributed by atoms with Crippen molar-refractivity contribution in [3.05, 3.63) is 89.2 Å². The molecule has 0 aliphatic heterocycles. The number of allylic oxidation sites excluding steroid dienone is 1. The maximum absolute atomic E-state index is 12.2. The third-order valence-corrected chi connectivity index (χ3v) is 4.23. The highest BCUT2D eigenvalue weighted by Crippen LogP contribution is 2.20. The Morgan fingerprint density at radius 3 is 2.92 bits per heavy atom. The van der Waals surface area contributed by atoms with Gasteiger partial charge in [0, 0.05) is 37.3 Å². The fourth-order valence-corrected chi connectivity index (χ4v) is 2.84. The number of aromatic nitrogens is 5. The number of benzene rings is 1. The van der Waals surface area contributed by atoms with E-state index >= 15 is 0 Å². The van der Waals surface area contributed by atoms with Crippen LogP contribution in [0.15, 0.2) is 72.6 Å². The Morgan fingerprint density at radius 2 is 2.12 bits per heavy atom. The summed E-state index contributed by atoms with van der Waals surface area (Å²) in [6.45, 7) is 4.15. The molecule has 0 amide bonds. The van der Waals surface area contributed by atoms with Crippen LogP contribution in [0.2, 0.25) is 0 Å². The van der Waals surface area contributed by atoms with E-state index in [1.807, 2.05) is 43.6 Å². The Kier molecular flexibility index (Phi) is 3.93. The van der Waals surface area contributed by atoms with E-state index in [1.165, 1.54) is 6.07 Å². The standard InChI is InChI=1S/C20H17N5O/c1-14(15-5-6-18-16(11-15)4-3-8-21-18)10-19-20(26)7-9-25(23-19)17-12-22-24(2)13-17/h3-9,11-13H,1,10H2,2H3. The number of hydrogen-bond donors (Lipinski definition) is 0.